The van der Waals surface area contributed by atoms with Crippen molar-refractivity contribution in [3.05, 3.63) is 116 Å². The van der Waals surface area contributed by atoms with Crippen molar-refractivity contribution < 1.29 is 9.53 Å². The maximum atomic E-state index is 12.7. The van der Waals surface area contributed by atoms with E-state index in [-0.39, 0.29) is 11.5 Å². The molecule has 1 amide bonds. The number of nitrogens with one attached hydrogen (secondary N) is 1. The SMILES string of the molecule is Cc1cccc(C)c1NC(=O)c1ccc(-n2nc(OCc3ccc(Cl)cc3)ccc2=O)cc1. The van der Waals surface area contributed by atoms with Gasteiger partial charge < -0.3 is 10.1 Å². The van der Waals surface area contributed by atoms with E-state index >= 15 is 0 Å². The number of ether oxygens (including phenoxy) is 1. The fourth-order valence-electron chi connectivity index (χ4n) is 3.35. The van der Waals surface area contributed by atoms with Crippen molar-refractivity contribution in [3.8, 4) is 11.6 Å². The summed E-state index contributed by atoms with van der Waals surface area (Å²) in [6, 6.07) is 22.7. The Morgan fingerprint density at radius 3 is 2.27 bits per heavy atom. The number of carbonyl (C=O) groups excluding carboxylic acids is 1. The second-order valence-electron chi connectivity index (χ2n) is 7.60. The van der Waals surface area contributed by atoms with Gasteiger partial charge in [-0.05, 0) is 66.9 Å². The lowest BCUT2D eigenvalue weighted by Gasteiger charge is -2.12. The second-order valence-corrected chi connectivity index (χ2v) is 8.04. The van der Waals surface area contributed by atoms with E-state index in [0.717, 1.165) is 22.4 Å². The van der Waals surface area contributed by atoms with Crippen molar-refractivity contribution in [2.24, 2.45) is 0 Å². The van der Waals surface area contributed by atoms with E-state index < -0.39 is 0 Å². The highest BCUT2D eigenvalue weighted by atomic mass is 35.5. The van der Waals surface area contributed by atoms with E-state index in [1.165, 1.54) is 16.8 Å². The number of benzene rings is 3. The fraction of sp³-hybridized carbons (Fsp3) is 0.115. The molecular weight excluding hydrogens is 438 g/mol. The quantitative estimate of drug-likeness (QED) is 0.422. The van der Waals surface area contributed by atoms with E-state index in [4.69, 9.17) is 16.3 Å². The number of aryl methyl sites for hydroxylation is 2. The predicted octanol–water partition coefficient (Wildman–Crippen LogP) is 5.33. The first-order valence-corrected chi connectivity index (χ1v) is 10.7. The molecule has 7 heteroatoms. The maximum absolute atomic E-state index is 12.7. The molecule has 6 nitrogen and oxygen atoms in total. The summed E-state index contributed by atoms with van der Waals surface area (Å²) >= 11 is 5.90. The van der Waals surface area contributed by atoms with Crippen LogP contribution in [0.5, 0.6) is 5.88 Å². The Hall–Kier alpha value is -3.90. The molecule has 0 fully saturated rings. The largest absolute Gasteiger partial charge is 0.472 e. The Morgan fingerprint density at radius 1 is 0.939 bits per heavy atom. The molecule has 1 N–H and O–H groups in total. The average molecular weight is 460 g/mol. The van der Waals surface area contributed by atoms with Crippen LogP contribution in [-0.2, 0) is 6.61 Å². The summed E-state index contributed by atoms with van der Waals surface area (Å²) < 4.78 is 6.96. The molecule has 0 atom stereocenters. The fourth-order valence-corrected chi connectivity index (χ4v) is 3.47. The number of hydrogen-bond acceptors (Lipinski definition) is 4. The number of aromatic nitrogens is 2. The number of para-hydroxylation sites is 1. The van der Waals surface area contributed by atoms with Gasteiger partial charge in [-0.3, -0.25) is 9.59 Å². The van der Waals surface area contributed by atoms with Crippen molar-refractivity contribution in [1.29, 1.82) is 0 Å². The third-order valence-electron chi connectivity index (χ3n) is 5.17. The van der Waals surface area contributed by atoms with Gasteiger partial charge in [0.05, 0.1) is 5.69 Å². The normalized spacial score (nSPS) is 10.6. The third-order valence-corrected chi connectivity index (χ3v) is 5.42. The monoisotopic (exact) mass is 459 g/mol. The predicted molar refractivity (Wildman–Crippen MR) is 129 cm³/mol. The Morgan fingerprint density at radius 2 is 1.61 bits per heavy atom. The summed E-state index contributed by atoms with van der Waals surface area (Å²) in [5, 5.41) is 7.90. The minimum Gasteiger partial charge on any atom is -0.472 e. The molecule has 0 saturated heterocycles. The first-order chi connectivity index (χ1) is 15.9. The zero-order valence-corrected chi connectivity index (χ0v) is 19.0. The number of halogens is 1. The van der Waals surface area contributed by atoms with Gasteiger partial charge in [0, 0.05) is 28.4 Å². The summed E-state index contributed by atoms with van der Waals surface area (Å²) in [5.74, 6) is 0.0840. The smallest absolute Gasteiger partial charge is 0.271 e. The summed E-state index contributed by atoms with van der Waals surface area (Å²) in [4.78, 5) is 25.1. The molecule has 4 rings (SSSR count). The minimum atomic E-state index is -0.304. The van der Waals surface area contributed by atoms with Crippen LogP contribution in [0.4, 0.5) is 5.69 Å². The Kier molecular flexibility index (Phi) is 6.56. The van der Waals surface area contributed by atoms with Gasteiger partial charge >= 0.3 is 0 Å². The molecule has 166 valence electrons. The van der Waals surface area contributed by atoms with Gasteiger partial charge in [0.2, 0.25) is 5.88 Å². The number of nitrogens with zero attached hydrogens (tertiary/aromatic N) is 2. The molecule has 0 saturated carbocycles. The van der Waals surface area contributed by atoms with Crippen LogP contribution in [0, 0.1) is 13.8 Å². The summed E-state index contributed by atoms with van der Waals surface area (Å²) in [5.41, 5.74) is 4.41. The summed E-state index contributed by atoms with van der Waals surface area (Å²) in [6.07, 6.45) is 0. The third kappa shape index (κ3) is 5.30. The zero-order chi connectivity index (χ0) is 23.4. The van der Waals surface area contributed by atoms with Crippen LogP contribution in [0.25, 0.3) is 5.69 Å². The van der Waals surface area contributed by atoms with E-state index in [1.807, 2.05) is 44.2 Å². The average Bonchev–Trinajstić information content (AvgIpc) is 2.82. The van der Waals surface area contributed by atoms with Gasteiger partial charge in [-0.2, -0.15) is 4.68 Å². The summed E-state index contributed by atoms with van der Waals surface area (Å²) in [7, 11) is 0. The lowest BCUT2D eigenvalue weighted by Crippen LogP contribution is -2.21. The first kappa shape index (κ1) is 22.3. The van der Waals surface area contributed by atoms with E-state index in [9.17, 15) is 9.59 Å². The molecule has 0 spiro atoms. The highest BCUT2D eigenvalue weighted by Gasteiger charge is 2.11. The van der Waals surface area contributed by atoms with Gasteiger partial charge in [0.15, 0.2) is 0 Å². The molecule has 1 aromatic heterocycles. The topological polar surface area (TPSA) is 73.2 Å². The Balaban J connectivity index is 1.50. The molecule has 0 aliphatic heterocycles. The van der Waals surface area contributed by atoms with Crippen molar-refractivity contribution in [1.82, 2.24) is 9.78 Å². The molecule has 1 heterocycles. The molecule has 0 bridgehead atoms. The minimum absolute atomic E-state index is 0.223. The molecule has 0 radical (unpaired) electrons. The van der Waals surface area contributed by atoms with Crippen molar-refractivity contribution in [2.45, 2.75) is 20.5 Å². The number of hydrogen-bond donors (Lipinski definition) is 1. The van der Waals surface area contributed by atoms with Crippen LogP contribution in [-0.4, -0.2) is 15.7 Å². The van der Waals surface area contributed by atoms with Crippen LogP contribution in [0.1, 0.15) is 27.0 Å². The Bertz CT molecular complexity index is 1330. The molecular formula is C26H22ClN3O3. The number of anilines is 1. The number of carbonyl (C=O) groups is 1. The van der Waals surface area contributed by atoms with Gasteiger partial charge in [-0.15, -0.1) is 5.10 Å². The molecule has 0 aliphatic rings. The van der Waals surface area contributed by atoms with Crippen molar-refractivity contribution in [2.75, 3.05) is 5.32 Å². The zero-order valence-electron chi connectivity index (χ0n) is 18.2. The van der Waals surface area contributed by atoms with Crippen molar-refractivity contribution >= 4 is 23.2 Å². The molecule has 0 aliphatic carbocycles. The number of amides is 1. The first-order valence-electron chi connectivity index (χ1n) is 10.4. The van der Waals surface area contributed by atoms with E-state index in [0.29, 0.717) is 28.8 Å². The molecule has 33 heavy (non-hydrogen) atoms. The van der Waals surface area contributed by atoms with E-state index in [1.54, 1.807) is 36.4 Å². The lowest BCUT2D eigenvalue weighted by atomic mass is 10.1. The van der Waals surface area contributed by atoms with Gasteiger partial charge in [0.25, 0.3) is 11.5 Å². The molecule has 4 aromatic rings. The highest BCUT2D eigenvalue weighted by Crippen LogP contribution is 2.21. The molecule has 0 unspecified atom stereocenters. The molecule has 3 aromatic carbocycles. The van der Waals surface area contributed by atoms with Crippen LogP contribution in [0.3, 0.4) is 0 Å². The number of rotatable bonds is 6. The van der Waals surface area contributed by atoms with Gasteiger partial charge in [0.1, 0.15) is 6.61 Å². The van der Waals surface area contributed by atoms with Crippen LogP contribution in [0.15, 0.2) is 83.7 Å². The Labute approximate surface area is 196 Å². The lowest BCUT2D eigenvalue weighted by molar-refractivity contribution is 0.102. The standard InChI is InChI=1S/C26H22ClN3O3/c1-17-4-3-5-18(2)25(17)28-26(32)20-8-12-22(13-9-20)30-24(31)15-14-23(29-30)33-16-19-6-10-21(27)11-7-19/h3-15H,16H2,1-2H3,(H,28,32). The van der Waals surface area contributed by atoms with Crippen molar-refractivity contribution in [3.63, 3.8) is 0 Å². The second kappa shape index (κ2) is 9.71. The van der Waals surface area contributed by atoms with Crippen LogP contribution < -0.4 is 15.6 Å². The maximum Gasteiger partial charge on any atom is 0.271 e. The van der Waals surface area contributed by atoms with Gasteiger partial charge in [-0.25, -0.2) is 0 Å². The van der Waals surface area contributed by atoms with E-state index in [2.05, 4.69) is 10.4 Å². The van der Waals surface area contributed by atoms with Crippen LogP contribution in [0.2, 0.25) is 5.02 Å². The van der Waals surface area contributed by atoms with Gasteiger partial charge in [-0.1, -0.05) is 41.9 Å². The highest BCUT2D eigenvalue weighted by molar-refractivity contribution is 6.30. The van der Waals surface area contributed by atoms with Crippen LogP contribution >= 0.6 is 11.6 Å². The summed E-state index contributed by atoms with van der Waals surface area (Å²) in [6.45, 7) is 4.19.